The Morgan fingerprint density at radius 1 is 1.50 bits per heavy atom. The van der Waals surface area contributed by atoms with E-state index in [1.54, 1.807) is 0 Å². The van der Waals surface area contributed by atoms with Crippen LogP contribution in [0.25, 0.3) is 0 Å². The van der Waals surface area contributed by atoms with Crippen molar-refractivity contribution >= 4 is 15.9 Å². The van der Waals surface area contributed by atoms with Crippen molar-refractivity contribution in [2.75, 3.05) is 13.6 Å². The summed E-state index contributed by atoms with van der Waals surface area (Å²) in [7, 11) is 2.11. The number of aliphatic hydroxyl groups is 1. The molecule has 1 heterocycles. The van der Waals surface area contributed by atoms with Crippen LogP contribution in [0.1, 0.15) is 18.5 Å². The van der Waals surface area contributed by atoms with E-state index in [0.717, 1.165) is 36.1 Å². The third kappa shape index (κ3) is 3.27. The van der Waals surface area contributed by atoms with Crippen molar-refractivity contribution in [2.24, 2.45) is 5.92 Å². The predicted molar refractivity (Wildman–Crippen MR) is 67.0 cm³/mol. The molecule has 0 spiro atoms. The molecule has 0 amide bonds. The van der Waals surface area contributed by atoms with Crippen molar-refractivity contribution in [1.82, 2.24) is 9.88 Å². The van der Waals surface area contributed by atoms with Gasteiger partial charge in [-0.3, -0.25) is 4.98 Å². The molecule has 1 aliphatic rings. The molecule has 0 bridgehead atoms. The van der Waals surface area contributed by atoms with Crippen molar-refractivity contribution in [3.8, 4) is 0 Å². The van der Waals surface area contributed by atoms with Crippen LogP contribution in [0.3, 0.4) is 0 Å². The van der Waals surface area contributed by atoms with Crippen LogP contribution in [0.5, 0.6) is 0 Å². The molecule has 3 nitrogen and oxygen atoms in total. The first-order valence-corrected chi connectivity index (χ1v) is 6.40. The summed E-state index contributed by atoms with van der Waals surface area (Å²) in [5, 5.41) is 9.22. The average Bonchev–Trinajstić information content (AvgIpc) is 2.19. The highest BCUT2D eigenvalue weighted by Crippen LogP contribution is 2.27. The summed E-state index contributed by atoms with van der Waals surface area (Å²) in [4.78, 5) is 6.62. The van der Waals surface area contributed by atoms with E-state index in [0.29, 0.717) is 5.92 Å². The van der Waals surface area contributed by atoms with E-state index in [-0.39, 0.29) is 6.10 Å². The molecule has 16 heavy (non-hydrogen) atoms. The second-order valence-electron chi connectivity index (χ2n) is 4.66. The Morgan fingerprint density at radius 2 is 2.25 bits per heavy atom. The van der Waals surface area contributed by atoms with E-state index in [1.165, 1.54) is 0 Å². The van der Waals surface area contributed by atoms with E-state index in [2.05, 4.69) is 32.9 Å². The van der Waals surface area contributed by atoms with Crippen LogP contribution in [0.4, 0.5) is 0 Å². The lowest BCUT2D eigenvalue weighted by Crippen LogP contribution is -2.36. The molecule has 88 valence electrons. The van der Waals surface area contributed by atoms with Gasteiger partial charge >= 0.3 is 0 Å². The number of aromatic nitrogens is 1. The molecule has 1 saturated carbocycles. The third-order valence-electron chi connectivity index (χ3n) is 3.00. The maximum Gasteiger partial charge on any atom is 0.0546 e. The Hall–Kier alpha value is -0.450. The number of hydrogen-bond donors (Lipinski definition) is 1. The van der Waals surface area contributed by atoms with Gasteiger partial charge in [0.15, 0.2) is 0 Å². The van der Waals surface area contributed by atoms with Crippen LogP contribution in [0.15, 0.2) is 22.8 Å². The summed E-state index contributed by atoms with van der Waals surface area (Å²) in [6.45, 7) is 1.93. The second kappa shape index (κ2) is 5.25. The molecule has 4 heteroatoms. The van der Waals surface area contributed by atoms with Crippen LogP contribution in [-0.2, 0) is 6.54 Å². The SMILES string of the molecule is CN(Cc1ccc(Br)cn1)CC1CC(O)C1. The number of aliphatic hydroxyl groups excluding tert-OH is 1. The normalized spacial score (nSPS) is 24.5. The standard InChI is InChI=1S/C12H17BrN2O/c1-15(7-9-4-12(16)5-9)8-11-3-2-10(13)6-14-11/h2-3,6,9,12,16H,4-5,7-8H2,1H3. The Kier molecular flexibility index (Phi) is 3.95. The van der Waals surface area contributed by atoms with Gasteiger partial charge in [0.2, 0.25) is 0 Å². The van der Waals surface area contributed by atoms with E-state index < -0.39 is 0 Å². The fourth-order valence-electron chi connectivity index (χ4n) is 2.13. The molecule has 2 rings (SSSR count). The molecule has 0 aromatic carbocycles. The van der Waals surface area contributed by atoms with E-state index >= 15 is 0 Å². The van der Waals surface area contributed by atoms with Gasteiger partial charge in [0.1, 0.15) is 0 Å². The second-order valence-corrected chi connectivity index (χ2v) is 5.57. The predicted octanol–water partition coefficient (Wildman–Crippen LogP) is 2.05. The Balaban J connectivity index is 1.78. The van der Waals surface area contributed by atoms with Crippen LogP contribution < -0.4 is 0 Å². The van der Waals surface area contributed by atoms with E-state index in [9.17, 15) is 5.11 Å². The zero-order valence-corrected chi connectivity index (χ0v) is 11.0. The minimum atomic E-state index is -0.0517. The quantitative estimate of drug-likeness (QED) is 0.919. The molecule has 1 aromatic heterocycles. The molecule has 0 saturated heterocycles. The Labute approximate surface area is 105 Å². The molecular formula is C12H17BrN2O. The first-order chi connectivity index (χ1) is 7.63. The minimum Gasteiger partial charge on any atom is -0.393 e. The van der Waals surface area contributed by atoms with Crippen molar-refractivity contribution in [3.63, 3.8) is 0 Å². The van der Waals surface area contributed by atoms with Gasteiger partial charge in [-0.05, 0) is 53.9 Å². The summed E-state index contributed by atoms with van der Waals surface area (Å²) in [5.41, 5.74) is 1.09. The van der Waals surface area contributed by atoms with Crippen molar-refractivity contribution in [2.45, 2.75) is 25.5 Å². The fourth-order valence-corrected chi connectivity index (χ4v) is 2.37. The highest BCUT2D eigenvalue weighted by atomic mass is 79.9. The number of hydrogen-bond acceptors (Lipinski definition) is 3. The largest absolute Gasteiger partial charge is 0.393 e. The summed E-state index contributed by atoms with van der Waals surface area (Å²) >= 11 is 3.37. The number of nitrogens with zero attached hydrogens (tertiary/aromatic N) is 2. The molecule has 0 unspecified atom stereocenters. The van der Waals surface area contributed by atoms with Gasteiger partial charge in [-0.15, -0.1) is 0 Å². The highest BCUT2D eigenvalue weighted by Gasteiger charge is 2.27. The fraction of sp³-hybridized carbons (Fsp3) is 0.583. The summed E-state index contributed by atoms with van der Waals surface area (Å²) < 4.78 is 1.01. The van der Waals surface area contributed by atoms with Crippen LogP contribution >= 0.6 is 15.9 Å². The van der Waals surface area contributed by atoms with Gasteiger partial charge in [-0.25, -0.2) is 0 Å². The van der Waals surface area contributed by atoms with Crippen LogP contribution in [-0.4, -0.2) is 34.7 Å². The van der Waals surface area contributed by atoms with Crippen LogP contribution in [0, 0.1) is 5.92 Å². The summed E-state index contributed by atoms with van der Waals surface area (Å²) in [6.07, 6.45) is 3.69. The number of rotatable bonds is 4. The van der Waals surface area contributed by atoms with Gasteiger partial charge in [0, 0.05) is 23.8 Å². The van der Waals surface area contributed by atoms with Gasteiger partial charge in [0.05, 0.1) is 11.8 Å². The minimum absolute atomic E-state index is 0.0517. The average molecular weight is 285 g/mol. The Morgan fingerprint density at radius 3 is 2.81 bits per heavy atom. The Bertz CT molecular complexity index is 335. The molecule has 1 N–H and O–H groups in total. The topological polar surface area (TPSA) is 36.4 Å². The lowest BCUT2D eigenvalue weighted by atomic mass is 9.82. The van der Waals surface area contributed by atoms with E-state index in [1.807, 2.05) is 18.3 Å². The maximum absolute atomic E-state index is 9.22. The van der Waals surface area contributed by atoms with Gasteiger partial charge in [-0.2, -0.15) is 0 Å². The molecule has 0 aliphatic heterocycles. The van der Waals surface area contributed by atoms with Gasteiger partial charge < -0.3 is 10.0 Å². The molecular weight excluding hydrogens is 268 g/mol. The first kappa shape index (κ1) is 12.0. The third-order valence-corrected chi connectivity index (χ3v) is 3.47. The summed E-state index contributed by atoms with van der Waals surface area (Å²) in [5.74, 6) is 0.662. The van der Waals surface area contributed by atoms with Gasteiger partial charge in [0.25, 0.3) is 0 Å². The molecule has 0 radical (unpaired) electrons. The first-order valence-electron chi connectivity index (χ1n) is 5.60. The van der Waals surface area contributed by atoms with Crippen molar-refractivity contribution < 1.29 is 5.11 Å². The summed E-state index contributed by atoms with van der Waals surface area (Å²) in [6, 6.07) is 4.06. The zero-order valence-electron chi connectivity index (χ0n) is 9.43. The smallest absolute Gasteiger partial charge is 0.0546 e. The lowest BCUT2D eigenvalue weighted by molar-refractivity contribution is 0.0272. The monoisotopic (exact) mass is 284 g/mol. The highest BCUT2D eigenvalue weighted by molar-refractivity contribution is 9.10. The van der Waals surface area contributed by atoms with Gasteiger partial charge in [-0.1, -0.05) is 0 Å². The van der Waals surface area contributed by atoms with E-state index in [4.69, 9.17) is 0 Å². The number of pyridine rings is 1. The number of halogens is 1. The molecule has 1 fully saturated rings. The molecule has 1 aromatic rings. The van der Waals surface area contributed by atoms with Crippen molar-refractivity contribution in [3.05, 3.63) is 28.5 Å². The molecule has 1 aliphatic carbocycles. The van der Waals surface area contributed by atoms with Crippen LogP contribution in [0.2, 0.25) is 0 Å². The van der Waals surface area contributed by atoms with Crippen molar-refractivity contribution in [1.29, 1.82) is 0 Å². The zero-order chi connectivity index (χ0) is 11.5. The lowest BCUT2D eigenvalue weighted by Gasteiger charge is -2.34. The maximum atomic E-state index is 9.22. The molecule has 0 atom stereocenters.